The van der Waals surface area contributed by atoms with Crippen molar-refractivity contribution in [1.82, 2.24) is 14.9 Å². The highest BCUT2D eigenvalue weighted by Gasteiger charge is 2.42. The quantitative estimate of drug-likeness (QED) is 0.508. The number of aromatic nitrogens is 2. The van der Waals surface area contributed by atoms with Gasteiger partial charge in [0.1, 0.15) is 23.7 Å². The molecule has 0 saturated carbocycles. The van der Waals surface area contributed by atoms with E-state index in [0.717, 1.165) is 42.8 Å². The molecule has 5 rings (SSSR count). The molecular weight excluding hydrogens is 435 g/mol. The van der Waals surface area contributed by atoms with Gasteiger partial charge in [-0.25, -0.2) is 14.4 Å². The normalized spacial score (nSPS) is 19.9. The first-order valence-electron chi connectivity index (χ1n) is 11.4. The van der Waals surface area contributed by atoms with Crippen LogP contribution in [0.25, 0.3) is 10.9 Å². The van der Waals surface area contributed by atoms with Crippen molar-refractivity contribution >= 4 is 28.2 Å². The van der Waals surface area contributed by atoms with Gasteiger partial charge in [0.05, 0.1) is 18.7 Å². The second-order valence-electron chi connectivity index (χ2n) is 8.76. The molecule has 2 atom stereocenters. The number of aryl methyl sites for hydroxylation is 1. The number of anilines is 2. The summed E-state index contributed by atoms with van der Waals surface area (Å²) in [5.74, 6) is 0.916. The van der Waals surface area contributed by atoms with Gasteiger partial charge < -0.3 is 14.8 Å². The van der Waals surface area contributed by atoms with E-state index in [4.69, 9.17) is 9.47 Å². The molecule has 0 aliphatic carbocycles. The number of benzene rings is 2. The Labute approximate surface area is 197 Å². The second kappa shape index (κ2) is 9.48. The summed E-state index contributed by atoms with van der Waals surface area (Å²) >= 11 is 0. The lowest BCUT2D eigenvalue weighted by Crippen LogP contribution is -2.57. The maximum Gasteiger partial charge on any atom is 0.159 e. The Morgan fingerprint density at radius 2 is 2.21 bits per heavy atom. The first kappa shape index (κ1) is 22.4. The Morgan fingerprint density at radius 1 is 1.32 bits per heavy atom. The third-order valence-corrected chi connectivity index (χ3v) is 6.52. The Hall–Kier alpha value is -3.36. The number of rotatable bonds is 8. The number of carbonyl (C=O) groups excluding carboxylic acids is 1. The van der Waals surface area contributed by atoms with Crippen molar-refractivity contribution in [3.8, 4) is 5.75 Å². The topological polar surface area (TPSA) is 76.6 Å². The number of halogens is 1. The summed E-state index contributed by atoms with van der Waals surface area (Å²) in [6.07, 6.45) is 6.68. The van der Waals surface area contributed by atoms with E-state index in [1.165, 1.54) is 12.4 Å². The van der Waals surface area contributed by atoms with Gasteiger partial charge in [0, 0.05) is 54.9 Å². The highest BCUT2D eigenvalue weighted by Crippen LogP contribution is 2.31. The molecule has 0 spiro atoms. The van der Waals surface area contributed by atoms with Crippen LogP contribution in [-0.4, -0.2) is 59.6 Å². The molecule has 2 aliphatic rings. The summed E-state index contributed by atoms with van der Waals surface area (Å²) in [6.45, 7) is 4.23. The van der Waals surface area contributed by atoms with Gasteiger partial charge in [-0.3, -0.25) is 9.69 Å². The van der Waals surface area contributed by atoms with Crippen LogP contribution in [0.5, 0.6) is 5.75 Å². The van der Waals surface area contributed by atoms with Gasteiger partial charge in [0.2, 0.25) is 0 Å². The van der Waals surface area contributed by atoms with E-state index >= 15 is 0 Å². The average molecular weight is 463 g/mol. The number of ketones is 1. The van der Waals surface area contributed by atoms with Gasteiger partial charge in [-0.1, -0.05) is 6.08 Å². The zero-order valence-corrected chi connectivity index (χ0v) is 19.3. The summed E-state index contributed by atoms with van der Waals surface area (Å²) in [4.78, 5) is 23.8. The molecule has 2 fully saturated rings. The Morgan fingerprint density at radius 3 is 3.00 bits per heavy atom. The van der Waals surface area contributed by atoms with Gasteiger partial charge in [-0.15, -0.1) is 0 Å². The summed E-state index contributed by atoms with van der Waals surface area (Å²) < 4.78 is 24.8. The number of likely N-dealkylation sites (tertiary alicyclic amines) is 1. The fraction of sp³-hybridized carbons (Fsp3) is 0.346. The number of fused-ring (bicyclic) bond motifs is 2. The molecule has 2 unspecified atom stereocenters. The van der Waals surface area contributed by atoms with Crippen molar-refractivity contribution in [2.24, 2.45) is 0 Å². The van der Waals surface area contributed by atoms with Crippen molar-refractivity contribution in [2.75, 3.05) is 32.1 Å². The van der Waals surface area contributed by atoms with Crippen LogP contribution < -0.4 is 10.1 Å². The summed E-state index contributed by atoms with van der Waals surface area (Å²) in [5.41, 5.74) is 2.70. The molecule has 1 aromatic heterocycles. The van der Waals surface area contributed by atoms with Gasteiger partial charge in [0.15, 0.2) is 5.78 Å². The third kappa shape index (κ3) is 4.51. The fourth-order valence-corrected chi connectivity index (χ4v) is 4.65. The lowest BCUT2D eigenvalue weighted by Gasteiger charge is -2.42. The number of carbonyl (C=O) groups is 1. The minimum atomic E-state index is -0.262. The average Bonchev–Trinajstić information content (AvgIpc) is 3.19. The van der Waals surface area contributed by atoms with Crippen LogP contribution in [0.2, 0.25) is 0 Å². The number of ether oxygens (including phenoxy) is 2. The van der Waals surface area contributed by atoms with E-state index in [9.17, 15) is 9.18 Å². The Bertz CT molecular complexity index is 1260. The van der Waals surface area contributed by atoms with Crippen LogP contribution in [0.4, 0.5) is 15.9 Å². The van der Waals surface area contributed by atoms with Crippen LogP contribution in [0.15, 0.2) is 48.8 Å². The number of hydrogen-bond donors (Lipinski definition) is 1. The third-order valence-electron chi connectivity index (χ3n) is 6.52. The highest BCUT2D eigenvalue weighted by molar-refractivity contribution is 5.96. The van der Waals surface area contributed by atoms with Gasteiger partial charge >= 0.3 is 0 Å². The highest BCUT2D eigenvalue weighted by atomic mass is 19.1. The monoisotopic (exact) mass is 462 g/mol. The van der Waals surface area contributed by atoms with Crippen LogP contribution in [0, 0.1) is 12.7 Å². The standard InChI is InChI=1S/C26H27FN4O3/c1-16-10-18(5-6-21(16)27)30-26-20-12-17(24(33-2)13-22(20)28-15-29-26)11-19(32)4-3-8-31-14-25-23(31)7-9-34-25/h3-6,10,12-13,15,23,25H,7-9,11,14H2,1-2H3,(H,28,29,30)/b4-3+. The lowest BCUT2D eigenvalue weighted by molar-refractivity contribution is -0.114. The molecule has 176 valence electrons. The number of hydrogen-bond acceptors (Lipinski definition) is 7. The fourth-order valence-electron chi connectivity index (χ4n) is 4.65. The van der Waals surface area contributed by atoms with Crippen molar-refractivity contribution in [3.63, 3.8) is 0 Å². The zero-order chi connectivity index (χ0) is 23.7. The number of allylic oxidation sites excluding steroid dienone is 1. The first-order chi connectivity index (χ1) is 16.5. The summed E-state index contributed by atoms with van der Waals surface area (Å²) in [6, 6.07) is 8.99. The minimum absolute atomic E-state index is 0.00193. The van der Waals surface area contributed by atoms with Crippen LogP contribution >= 0.6 is 0 Å². The van der Waals surface area contributed by atoms with E-state index in [1.807, 2.05) is 18.2 Å². The van der Waals surface area contributed by atoms with Crippen molar-refractivity contribution < 1.29 is 18.7 Å². The van der Waals surface area contributed by atoms with E-state index in [0.29, 0.717) is 34.8 Å². The predicted molar refractivity (Wildman–Crippen MR) is 128 cm³/mol. The lowest BCUT2D eigenvalue weighted by atomic mass is 9.99. The molecule has 8 heteroatoms. The van der Waals surface area contributed by atoms with Crippen molar-refractivity contribution in [3.05, 3.63) is 65.8 Å². The molecule has 1 N–H and O–H groups in total. The van der Waals surface area contributed by atoms with Gasteiger partial charge in [0.25, 0.3) is 0 Å². The molecule has 3 aromatic rings. The molecule has 0 amide bonds. The molecule has 2 aliphatic heterocycles. The molecule has 7 nitrogen and oxygen atoms in total. The zero-order valence-electron chi connectivity index (χ0n) is 19.3. The smallest absolute Gasteiger partial charge is 0.159 e. The maximum absolute atomic E-state index is 13.6. The molecule has 2 aromatic carbocycles. The van der Waals surface area contributed by atoms with Crippen LogP contribution in [0.3, 0.4) is 0 Å². The SMILES string of the molecule is COc1cc2ncnc(Nc3ccc(F)c(C)c3)c2cc1CC(=O)/C=C/CN1CC2OCCC21. The molecule has 3 heterocycles. The van der Waals surface area contributed by atoms with E-state index in [-0.39, 0.29) is 18.0 Å². The molecular formula is C26H27FN4O3. The molecule has 0 bridgehead atoms. The van der Waals surface area contributed by atoms with Gasteiger partial charge in [-0.05, 0) is 49.2 Å². The van der Waals surface area contributed by atoms with E-state index in [2.05, 4.69) is 20.2 Å². The van der Waals surface area contributed by atoms with Crippen LogP contribution in [0.1, 0.15) is 17.5 Å². The first-order valence-corrected chi connectivity index (χ1v) is 11.4. The van der Waals surface area contributed by atoms with Crippen molar-refractivity contribution in [2.45, 2.75) is 31.9 Å². The summed E-state index contributed by atoms with van der Waals surface area (Å²) in [5, 5.41) is 3.99. The second-order valence-corrected chi connectivity index (χ2v) is 8.76. The predicted octanol–water partition coefficient (Wildman–Crippen LogP) is 3.97. The molecule has 0 radical (unpaired) electrons. The van der Waals surface area contributed by atoms with E-state index < -0.39 is 0 Å². The Kier molecular flexibility index (Phi) is 6.26. The maximum atomic E-state index is 13.6. The minimum Gasteiger partial charge on any atom is -0.496 e. The van der Waals surface area contributed by atoms with Crippen LogP contribution in [-0.2, 0) is 16.0 Å². The number of nitrogens with zero attached hydrogens (tertiary/aromatic N) is 3. The molecule has 2 saturated heterocycles. The number of nitrogens with one attached hydrogen (secondary N) is 1. The summed E-state index contributed by atoms with van der Waals surface area (Å²) in [7, 11) is 1.58. The van der Waals surface area contributed by atoms with E-state index in [1.54, 1.807) is 32.2 Å². The largest absolute Gasteiger partial charge is 0.496 e. The molecule has 34 heavy (non-hydrogen) atoms. The van der Waals surface area contributed by atoms with Gasteiger partial charge in [-0.2, -0.15) is 0 Å². The Balaban J connectivity index is 1.33. The number of methoxy groups -OCH3 is 1. The van der Waals surface area contributed by atoms with Crippen molar-refractivity contribution in [1.29, 1.82) is 0 Å².